The highest BCUT2D eigenvalue weighted by Gasteiger charge is 2.48. The van der Waals surface area contributed by atoms with Crippen LogP contribution in [0, 0.1) is 0 Å². The van der Waals surface area contributed by atoms with Crippen LogP contribution in [0.15, 0.2) is 0 Å². The number of carbonyl (C=O) groups excluding carboxylic acids is 1. The van der Waals surface area contributed by atoms with Crippen molar-refractivity contribution in [1.82, 2.24) is 5.32 Å². The lowest BCUT2D eigenvalue weighted by Crippen LogP contribution is -2.48. The number of aliphatic hydroxyl groups is 2. The van der Waals surface area contributed by atoms with E-state index >= 15 is 0 Å². The predicted octanol–water partition coefficient (Wildman–Crippen LogP) is 0.397. The number of amides is 1. The molecular formula is C10H19NO4. The van der Waals surface area contributed by atoms with Crippen LogP contribution >= 0.6 is 0 Å². The third kappa shape index (κ3) is 3.68. The van der Waals surface area contributed by atoms with E-state index in [9.17, 15) is 9.90 Å². The average molecular weight is 217 g/mol. The second-order valence-corrected chi connectivity index (χ2v) is 4.98. The summed E-state index contributed by atoms with van der Waals surface area (Å²) in [7, 11) is 0. The third-order valence-corrected chi connectivity index (χ3v) is 2.28. The maximum Gasteiger partial charge on any atom is 0.408 e. The molecule has 1 unspecified atom stereocenters. The van der Waals surface area contributed by atoms with Crippen molar-refractivity contribution in [2.24, 2.45) is 0 Å². The molecule has 1 amide bonds. The molecule has 88 valence electrons. The van der Waals surface area contributed by atoms with Crippen LogP contribution in [0.4, 0.5) is 4.79 Å². The molecule has 1 aliphatic carbocycles. The van der Waals surface area contributed by atoms with Gasteiger partial charge >= 0.3 is 6.09 Å². The lowest BCUT2D eigenvalue weighted by atomic mass is 10.1. The largest absolute Gasteiger partial charge is 0.444 e. The maximum atomic E-state index is 11.3. The topological polar surface area (TPSA) is 78.8 Å². The molecule has 3 N–H and O–H groups in total. The van der Waals surface area contributed by atoms with E-state index in [2.05, 4.69) is 5.32 Å². The lowest BCUT2D eigenvalue weighted by Gasteiger charge is -2.25. The fourth-order valence-electron chi connectivity index (χ4n) is 1.28. The Morgan fingerprint density at radius 2 is 2.07 bits per heavy atom. The first-order valence-corrected chi connectivity index (χ1v) is 5.09. The average Bonchev–Trinajstić information content (AvgIpc) is 2.77. The molecule has 5 heteroatoms. The van der Waals surface area contributed by atoms with Gasteiger partial charge in [-0.1, -0.05) is 0 Å². The quantitative estimate of drug-likeness (QED) is 0.639. The first-order chi connectivity index (χ1) is 6.77. The molecule has 15 heavy (non-hydrogen) atoms. The third-order valence-electron chi connectivity index (χ3n) is 2.28. The van der Waals surface area contributed by atoms with Crippen molar-refractivity contribution >= 4 is 6.09 Å². The molecule has 0 heterocycles. The minimum absolute atomic E-state index is 0.282. The summed E-state index contributed by atoms with van der Waals surface area (Å²) < 4.78 is 5.02. The van der Waals surface area contributed by atoms with E-state index < -0.39 is 23.3 Å². The molecule has 0 aromatic heterocycles. The van der Waals surface area contributed by atoms with E-state index in [-0.39, 0.29) is 6.61 Å². The lowest BCUT2D eigenvalue weighted by molar-refractivity contribution is 0.0292. The highest BCUT2D eigenvalue weighted by Crippen LogP contribution is 2.38. The van der Waals surface area contributed by atoms with Crippen LogP contribution < -0.4 is 5.32 Å². The van der Waals surface area contributed by atoms with Crippen molar-refractivity contribution in [1.29, 1.82) is 0 Å². The minimum Gasteiger partial charge on any atom is -0.444 e. The van der Waals surface area contributed by atoms with Crippen LogP contribution in [-0.2, 0) is 4.74 Å². The van der Waals surface area contributed by atoms with E-state index in [1.165, 1.54) is 0 Å². The van der Waals surface area contributed by atoms with Gasteiger partial charge in [0, 0.05) is 0 Å². The number of aliphatic hydroxyl groups excluding tert-OH is 1. The maximum absolute atomic E-state index is 11.3. The standard InChI is InChI=1S/C10H19NO4/c1-9(2,3)15-8(13)11-7(6-12)10(14)4-5-10/h7,12,14H,4-6H2,1-3H3,(H,11,13). The van der Waals surface area contributed by atoms with Crippen molar-refractivity contribution in [3.05, 3.63) is 0 Å². The number of hydrogen-bond acceptors (Lipinski definition) is 4. The van der Waals surface area contributed by atoms with Crippen molar-refractivity contribution in [2.45, 2.75) is 50.9 Å². The molecular weight excluding hydrogens is 198 g/mol. The molecule has 0 aromatic rings. The fraction of sp³-hybridized carbons (Fsp3) is 0.900. The van der Waals surface area contributed by atoms with E-state index in [1.54, 1.807) is 20.8 Å². The van der Waals surface area contributed by atoms with Gasteiger partial charge < -0.3 is 20.3 Å². The molecule has 1 aliphatic rings. The van der Waals surface area contributed by atoms with E-state index in [1.807, 2.05) is 0 Å². The Kier molecular flexibility index (Phi) is 3.25. The molecule has 0 aliphatic heterocycles. The summed E-state index contributed by atoms with van der Waals surface area (Å²) in [5.74, 6) is 0. The van der Waals surface area contributed by atoms with Gasteiger partial charge in [0.2, 0.25) is 0 Å². The summed E-state index contributed by atoms with van der Waals surface area (Å²) in [6.07, 6.45) is 0.601. The van der Waals surface area contributed by atoms with E-state index in [4.69, 9.17) is 9.84 Å². The Labute approximate surface area is 89.4 Å². The monoisotopic (exact) mass is 217 g/mol. The zero-order valence-corrected chi connectivity index (χ0v) is 9.41. The van der Waals surface area contributed by atoms with Gasteiger partial charge in [-0.2, -0.15) is 0 Å². The van der Waals surface area contributed by atoms with Gasteiger partial charge in [0.05, 0.1) is 18.2 Å². The van der Waals surface area contributed by atoms with Gasteiger partial charge in [0.15, 0.2) is 0 Å². The molecule has 0 saturated heterocycles. The summed E-state index contributed by atoms with van der Waals surface area (Å²) in [4.78, 5) is 11.3. The highest BCUT2D eigenvalue weighted by molar-refractivity contribution is 5.68. The number of carbonyl (C=O) groups is 1. The first-order valence-electron chi connectivity index (χ1n) is 5.09. The Balaban J connectivity index is 2.42. The number of alkyl carbamates (subject to hydrolysis) is 1. The van der Waals surface area contributed by atoms with Crippen molar-refractivity contribution < 1.29 is 19.7 Å². The van der Waals surface area contributed by atoms with Gasteiger partial charge in [-0.3, -0.25) is 0 Å². The van der Waals surface area contributed by atoms with Crippen LogP contribution in [0.2, 0.25) is 0 Å². The predicted molar refractivity (Wildman–Crippen MR) is 54.4 cm³/mol. The summed E-state index contributed by atoms with van der Waals surface area (Å²) in [5.41, 5.74) is -1.51. The summed E-state index contributed by atoms with van der Waals surface area (Å²) in [5, 5.41) is 21.2. The van der Waals surface area contributed by atoms with Crippen LogP contribution in [0.1, 0.15) is 33.6 Å². The summed E-state index contributed by atoms with van der Waals surface area (Å²) in [6.45, 7) is 4.99. The molecule has 1 rings (SSSR count). The van der Waals surface area contributed by atoms with Gasteiger partial charge in [-0.15, -0.1) is 0 Å². The molecule has 5 nitrogen and oxygen atoms in total. The molecule has 0 radical (unpaired) electrons. The van der Waals surface area contributed by atoms with E-state index in [0.29, 0.717) is 12.8 Å². The SMILES string of the molecule is CC(C)(C)OC(=O)NC(CO)C1(O)CC1. The zero-order valence-electron chi connectivity index (χ0n) is 9.41. The summed E-state index contributed by atoms with van der Waals surface area (Å²) >= 11 is 0. The highest BCUT2D eigenvalue weighted by atomic mass is 16.6. The van der Waals surface area contributed by atoms with Crippen molar-refractivity contribution in [2.75, 3.05) is 6.61 Å². The summed E-state index contributed by atoms with van der Waals surface area (Å²) in [6, 6.07) is -0.632. The molecule has 1 fully saturated rings. The van der Waals surface area contributed by atoms with Gasteiger partial charge in [-0.25, -0.2) is 4.79 Å². The Bertz CT molecular complexity index is 242. The van der Waals surface area contributed by atoms with Crippen LogP contribution in [0.5, 0.6) is 0 Å². The van der Waals surface area contributed by atoms with Crippen LogP contribution in [0.3, 0.4) is 0 Å². The van der Waals surface area contributed by atoms with Gasteiger partial charge in [0.25, 0.3) is 0 Å². The molecule has 0 aromatic carbocycles. The second-order valence-electron chi connectivity index (χ2n) is 4.98. The van der Waals surface area contributed by atoms with Crippen LogP contribution in [0.25, 0.3) is 0 Å². The molecule has 1 saturated carbocycles. The number of hydrogen-bond donors (Lipinski definition) is 3. The number of ether oxygens (including phenoxy) is 1. The van der Waals surface area contributed by atoms with E-state index in [0.717, 1.165) is 0 Å². The molecule has 0 bridgehead atoms. The Morgan fingerprint density at radius 3 is 2.40 bits per heavy atom. The number of rotatable bonds is 3. The molecule has 0 spiro atoms. The normalized spacial score (nSPS) is 20.6. The Hall–Kier alpha value is -0.810. The zero-order chi connectivity index (χ0) is 11.7. The van der Waals surface area contributed by atoms with Crippen molar-refractivity contribution in [3.63, 3.8) is 0 Å². The fourth-order valence-corrected chi connectivity index (χ4v) is 1.28. The van der Waals surface area contributed by atoms with Gasteiger partial charge in [-0.05, 0) is 33.6 Å². The first kappa shape index (κ1) is 12.3. The Morgan fingerprint density at radius 1 is 1.53 bits per heavy atom. The number of nitrogens with one attached hydrogen (secondary N) is 1. The molecule has 1 atom stereocenters. The second kappa shape index (κ2) is 3.98. The van der Waals surface area contributed by atoms with Gasteiger partial charge in [0.1, 0.15) is 5.60 Å². The van der Waals surface area contributed by atoms with Crippen molar-refractivity contribution in [3.8, 4) is 0 Å². The van der Waals surface area contributed by atoms with Crippen LogP contribution in [-0.4, -0.2) is 40.2 Å². The minimum atomic E-state index is -0.939. The smallest absolute Gasteiger partial charge is 0.408 e.